The normalized spacial score (nSPS) is 40.4. The molecule has 3 saturated carbocycles. The first-order valence-corrected chi connectivity index (χ1v) is 12.2. The number of amides is 2. The molecule has 0 radical (unpaired) electrons. The number of rotatable bonds is 3. The lowest BCUT2D eigenvalue weighted by molar-refractivity contribution is -0.139. The Balaban J connectivity index is 1.32. The molecule has 2 amide bonds. The van der Waals surface area contributed by atoms with Crippen molar-refractivity contribution in [2.24, 2.45) is 34.5 Å². The summed E-state index contributed by atoms with van der Waals surface area (Å²) in [6.07, 6.45) is 13.2. The largest absolute Gasteiger partial charge is 0.382 e. The predicted molar refractivity (Wildman–Crippen MR) is 125 cm³/mol. The summed E-state index contributed by atoms with van der Waals surface area (Å²) in [6, 6.07) is 3.92. The Kier molecular flexibility index (Phi) is 5.10. The van der Waals surface area contributed by atoms with E-state index in [1.807, 2.05) is 18.0 Å². The topological polar surface area (TPSA) is 88.3 Å². The number of fused-ring (bicyclic) bond motifs is 5. The Bertz CT molecular complexity index is 961. The van der Waals surface area contributed by atoms with E-state index < -0.39 is 0 Å². The number of carbonyl (C=O) groups excluding carboxylic acids is 2. The third-order valence-corrected chi connectivity index (χ3v) is 9.87. The lowest BCUT2D eigenvalue weighted by Crippen LogP contribution is -2.59. The van der Waals surface area contributed by atoms with E-state index in [0.717, 1.165) is 12.8 Å². The maximum Gasteiger partial charge on any atom is 0.246 e. The van der Waals surface area contributed by atoms with Gasteiger partial charge >= 0.3 is 0 Å². The molecule has 32 heavy (non-hydrogen) atoms. The van der Waals surface area contributed by atoms with Gasteiger partial charge in [0.05, 0.1) is 5.69 Å². The van der Waals surface area contributed by atoms with Gasteiger partial charge in [-0.25, -0.2) is 4.98 Å². The van der Waals surface area contributed by atoms with Gasteiger partial charge in [0.2, 0.25) is 11.8 Å². The van der Waals surface area contributed by atoms with E-state index in [0.29, 0.717) is 47.6 Å². The zero-order valence-corrected chi connectivity index (χ0v) is 19.5. The highest BCUT2D eigenvalue weighted by Gasteiger charge is 2.60. The van der Waals surface area contributed by atoms with Gasteiger partial charge in [0.25, 0.3) is 0 Å². The third-order valence-electron chi connectivity index (χ3n) is 9.87. The van der Waals surface area contributed by atoms with Crippen LogP contribution in [-0.2, 0) is 9.59 Å². The fraction of sp³-hybridized carbons (Fsp3) is 0.654. The van der Waals surface area contributed by atoms with Crippen LogP contribution in [0.2, 0.25) is 0 Å². The Morgan fingerprint density at radius 2 is 2.03 bits per heavy atom. The maximum atomic E-state index is 12.9. The number of carbonyl (C=O) groups is 2. The molecule has 3 N–H and O–H groups in total. The van der Waals surface area contributed by atoms with Crippen LogP contribution in [0.5, 0.6) is 0 Å². The van der Waals surface area contributed by atoms with Crippen molar-refractivity contribution in [1.82, 2.24) is 9.88 Å². The smallest absolute Gasteiger partial charge is 0.246 e. The molecule has 4 aliphatic rings. The van der Waals surface area contributed by atoms with Crippen molar-refractivity contribution in [2.45, 2.75) is 64.8 Å². The number of likely N-dealkylation sites (N-methyl/N-ethyl adjacent to an activating group) is 1. The van der Waals surface area contributed by atoms with Crippen LogP contribution in [0.4, 0.5) is 11.5 Å². The van der Waals surface area contributed by atoms with E-state index in [4.69, 9.17) is 5.73 Å². The highest BCUT2D eigenvalue weighted by atomic mass is 16.2. The van der Waals surface area contributed by atoms with Crippen molar-refractivity contribution in [1.29, 1.82) is 0 Å². The van der Waals surface area contributed by atoms with Gasteiger partial charge in [0.15, 0.2) is 0 Å². The first kappa shape index (κ1) is 21.5. The number of hydrogen-bond acceptors (Lipinski definition) is 4. The standard InChI is InChI=1S/C26H36N4O2/c1-25-12-10-19-17(7-9-21-26(19,2)13-11-23(32)30(21)3)18(25)8-6-16(25)15-22(31)29-20-5-4-14-28-24(20)27/h4-5,11,13-14,16-19,21H,6-10,12,15H2,1-3H3,(H2,27,28)(H,29,31)/t16-,17+,18+,19+,21-,25-,26-/m1/s1. The van der Waals surface area contributed by atoms with Gasteiger partial charge in [0.1, 0.15) is 5.82 Å². The summed E-state index contributed by atoms with van der Waals surface area (Å²) < 4.78 is 0. The quantitative estimate of drug-likeness (QED) is 0.741. The summed E-state index contributed by atoms with van der Waals surface area (Å²) in [7, 11) is 1.97. The Morgan fingerprint density at radius 1 is 1.22 bits per heavy atom. The molecule has 0 bridgehead atoms. The molecule has 7 atom stereocenters. The Morgan fingerprint density at radius 3 is 2.81 bits per heavy atom. The molecule has 2 heterocycles. The van der Waals surface area contributed by atoms with Gasteiger partial charge in [-0.15, -0.1) is 0 Å². The van der Waals surface area contributed by atoms with Crippen LogP contribution in [0.1, 0.15) is 58.8 Å². The zero-order valence-electron chi connectivity index (χ0n) is 19.5. The summed E-state index contributed by atoms with van der Waals surface area (Å²) in [4.78, 5) is 31.2. The number of anilines is 2. The highest BCUT2D eigenvalue weighted by molar-refractivity contribution is 5.93. The molecule has 1 aromatic rings. The number of pyridine rings is 1. The first-order valence-electron chi connectivity index (χ1n) is 12.2. The second-order valence-electron chi connectivity index (χ2n) is 11.1. The monoisotopic (exact) mass is 436 g/mol. The number of nitrogens with one attached hydrogen (secondary N) is 1. The van der Waals surface area contributed by atoms with Crippen LogP contribution >= 0.6 is 0 Å². The summed E-state index contributed by atoms with van der Waals surface area (Å²) >= 11 is 0. The Hall–Kier alpha value is -2.37. The predicted octanol–water partition coefficient (Wildman–Crippen LogP) is 4.25. The average Bonchev–Trinajstić information content (AvgIpc) is 3.09. The van der Waals surface area contributed by atoms with Crippen LogP contribution in [0.15, 0.2) is 30.5 Å². The Labute approximate surface area is 191 Å². The van der Waals surface area contributed by atoms with Gasteiger partial charge in [-0.05, 0) is 85.8 Å². The number of nitrogens with zero attached hydrogens (tertiary/aromatic N) is 2. The van der Waals surface area contributed by atoms with Crippen molar-refractivity contribution >= 4 is 23.3 Å². The SMILES string of the molecule is CN1C(=O)C=C[C@]2(C)[C@H]3CC[C@]4(C)[C@@H](CC(=O)Nc5cccnc5N)CC[C@H]4[C@@H]3CC[C@@H]12. The molecular formula is C26H36N4O2. The van der Waals surface area contributed by atoms with Crippen LogP contribution in [0, 0.1) is 34.5 Å². The molecule has 0 unspecified atom stereocenters. The van der Waals surface area contributed by atoms with E-state index in [9.17, 15) is 9.59 Å². The van der Waals surface area contributed by atoms with Crippen LogP contribution in [0.3, 0.4) is 0 Å². The minimum Gasteiger partial charge on any atom is -0.382 e. The van der Waals surface area contributed by atoms with E-state index in [2.05, 4.69) is 30.2 Å². The summed E-state index contributed by atoms with van der Waals surface area (Å²) in [6.45, 7) is 4.83. The maximum absolute atomic E-state index is 12.9. The average molecular weight is 437 g/mol. The molecule has 6 heteroatoms. The van der Waals surface area contributed by atoms with Crippen LogP contribution in [0.25, 0.3) is 0 Å². The van der Waals surface area contributed by atoms with Crippen molar-refractivity contribution < 1.29 is 9.59 Å². The van der Waals surface area contributed by atoms with Gasteiger partial charge in [-0.1, -0.05) is 19.9 Å². The van der Waals surface area contributed by atoms with E-state index in [1.165, 1.54) is 25.7 Å². The zero-order chi connectivity index (χ0) is 22.7. The minimum absolute atomic E-state index is 0.0460. The van der Waals surface area contributed by atoms with Gasteiger partial charge in [-0.2, -0.15) is 0 Å². The molecule has 0 saturated heterocycles. The third kappa shape index (κ3) is 3.17. The molecule has 0 spiro atoms. The van der Waals surface area contributed by atoms with E-state index in [-0.39, 0.29) is 22.6 Å². The number of nitrogen functional groups attached to an aromatic ring is 1. The van der Waals surface area contributed by atoms with Crippen molar-refractivity contribution in [3.05, 3.63) is 30.5 Å². The summed E-state index contributed by atoms with van der Waals surface area (Å²) in [5.41, 5.74) is 6.80. The molecule has 172 valence electrons. The van der Waals surface area contributed by atoms with Crippen molar-refractivity contribution in [3.8, 4) is 0 Å². The van der Waals surface area contributed by atoms with Crippen LogP contribution in [-0.4, -0.2) is 34.8 Å². The van der Waals surface area contributed by atoms with E-state index >= 15 is 0 Å². The second kappa shape index (κ2) is 7.60. The number of hydrogen-bond donors (Lipinski definition) is 2. The van der Waals surface area contributed by atoms with Gasteiger partial charge < -0.3 is 16.0 Å². The van der Waals surface area contributed by atoms with Gasteiger partial charge in [-0.3, -0.25) is 9.59 Å². The lowest BCUT2D eigenvalue weighted by atomic mass is 9.47. The highest BCUT2D eigenvalue weighted by Crippen LogP contribution is 2.65. The number of aromatic nitrogens is 1. The van der Waals surface area contributed by atoms with Crippen molar-refractivity contribution in [2.75, 3.05) is 18.1 Å². The molecule has 6 nitrogen and oxygen atoms in total. The van der Waals surface area contributed by atoms with E-state index in [1.54, 1.807) is 18.3 Å². The summed E-state index contributed by atoms with van der Waals surface area (Å²) in [5.74, 6) is 2.93. The molecule has 3 fully saturated rings. The van der Waals surface area contributed by atoms with Crippen LogP contribution < -0.4 is 11.1 Å². The lowest BCUT2D eigenvalue weighted by Gasteiger charge is -2.60. The fourth-order valence-corrected chi connectivity index (χ4v) is 8.13. The van der Waals surface area contributed by atoms with Crippen molar-refractivity contribution in [3.63, 3.8) is 0 Å². The molecule has 3 aliphatic carbocycles. The molecular weight excluding hydrogens is 400 g/mol. The summed E-state index contributed by atoms with van der Waals surface area (Å²) in [5, 5.41) is 2.99. The van der Waals surface area contributed by atoms with Gasteiger partial charge in [0, 0.05) is 31.1 Å². The minimum atomic E-state index is 0.0460. The molecule has 1 aromatic heterocycles. The molecule has 0 aromatic carbocycles. The number of nitrogens with two attached hydrogens (primary N) is 1. The first-order chi connectivity index (χ1) is 15.2. The molecule has 5 rings (SSSR count). The second-order valence-corrected chi connectivity index (χ2v) is 11.1. The molecule has 1 aliphatic heterocycles. The fourth-order valence-electron chi connectivity index (χ4n) is 8.13.